The van der Waals surface area contributed by atoms with Gasteiger partial charge in [0.2, 0.25) is 0 Å². The number of primary sulfonamides is 1. The third kappa shape index (κ3) is 3.47. The van der Waals surface area contributed by atoms with Crippen LogP contribution in [0.5, 0.6) is 11.5 Å². The highest BCUT2D eigenvalue weighted by Crippen LogP contribution is 2.45. The van der Waals surface area contributed by atoms with E-state index in [9.17, 15) is 12.8 Å². The summed E-state index contributed by atoms with van der Waals surface area (Å²) in [7, 11) is -1.10. The topological polar surface area (TPSA) is 81.9 Å². The SMILES string of the molecule is COc1c(CN2CCC(C)(F)C2)sc(S(N)(=O)=O)c1OC. The van der Waals surface area contributed by atoms with Gasteiger partial charge in [0.25, 0.3) is 10.0 Å². The zero-order chi connectivity index (χ0) is 15.8. The molecule has 2 N–H and O–H groups in total. The minimum atomic E-state index is -3.89. The van der Waals surface area contributed by atoms with Gasteiger partial charge in [-0.2, -0.15) is 0 Å². The van der Waals surface area contributed by atoms with Gasteiger partial charge in [-0.15, -0.1) is 11.3 Å². The van der Waals surface area contributed by atoms with Crippen molar-refractivity contribution in [3.8, 4) is 11.5 Å². The first-order valence-electron chi connectivity index (χ1n) is 6.35. The van der Waals surface area contributed by atoms with Gasteiger partial charge < -0.3 is 9.47 Å². The number of rotatable bonds is 5. The van der Waals surface area contributed by atoms with Crippen molar-refractivity contribution in [2.75, 3.05) is 27.3 Å². The van der Waals surface area contributed by atoms with E-state index in [1.807, 2.05) is 4.90 Å². The van der Waals surface area contributed by atoms with Gasteiger partial charge in [0.15, 0.2) is 15.7 Å². The molecule has 0 saturated carbocycles. The summed E-state index contributed by atoms with van der Waals surface area (Å²) in [5.41, 5.74) is -1.21. The molecule has 0 spiro atoms. The summed E-state index contributed by atoms with van der Waals surface area (Å²) in [6.45, 7) is 2.89. The van der Waals surface area contributed by atoms with E-state index in [0.717, 1.165) is 11.3 Å². The monoisotopic (exact) mass is 338 g/mol. The van der Waals surface area contributed by atoms with Crippen LogP contribution in [0.4, 0.5) is 4.39 Å². The lowest BCUT2D eigenvalue weighted by molar-refractivity contribution is 0.186. The predicted octanol–water partition coefficient (Wildman–Crippen LogP) is 1.35. The number of halogens is 1. The average Bonchev–Trinajstić information content (AvgIpc) is 2.89. The lowest BCUT2D eigenvalue weighted by Gasteiger charge is -2.16. The van der Waals surface area contributed by atoms with Gasteiger partial charge in [-0.1, -0.05) is 0 Å². The summed E-state index contributed by atoms with van der Waals surface area (Å²) in [6, 6.07) is 0. The third-order valence-electron chi connectivity index (χ3n) is 3.40. The van der Waals surface area contributed by atoms with Crippen molar-refractivity contribution in [3.05, 3.63) is 4.88 Å². The lowest BCUT2D eigenvalue weighted by Crippen LogP contribution is -2.25. The summed E-state index contributed by atoms with van der Waals surface area (Å²) >= 11 is 1.00. The summed E-state index contributed by atoms with van der Waals surface area (Å²) in [4.78, 5) is 2.58. The second-order valence-corrected chi connectivity index (χ2v) is 8.16. The molecular weight excluding hydrogens is 319 g/mol. The highest BCUT2D eigenvalue weighted by atomic mass is 32.2. The number of thiophene rings is 1. The van der Waals surface area contributed by atoms with Crippen LogP contribution in [0, 0.1) is 0 Å². The number of nitrogens with two attached hydrogens (primary N) is 1. The number of sulfonamides is 1. The van der Waals surface area contributed by atoms with Crippen LogP contribution in [0.2, 0.25) is 0 Å². The molecule has 0 aromatic carbocycles. The molecular formula is C12H19FN2O4S2. The molecule has 2 rings (SSSR count). The van der Waals surface area contributed by atoms with Crippen LogP contribution < -0.4 is 14.6 Å². The molecule has 1 fully saturated rings. The Kier molecular flexibility index (Phi) is 4.48. The van der Waals surface area contributed by atoms with Crippen molar-refractivity contribution in [1.29, 1.82) is 0 Å². The fourth-order valence-electron chi connectivity index (χ4n) is 2.45. The van der Waals surface area contributed by atoms with Crippen LogP contribution in [0.3, 0.4) is 0 Å². The molecule has 1 aromatic rings. The molecule has 9 heteroatoms. The molecule has 1 aromatic heterocycles. The van der Waals surface area contributed by atoms with Gasteiger partial charge in [0.1, 0.15) is 5.67 Å². The molecule has 1 unspecified atom stereocenters. The van der Waals surface area contributed by atoms with E-state index >= 15 is 0 Å². The molecule has 0 amide bonds. The second kappa shape index (κ2) is 5.71. The highest BCUT2D eigenvalue weighted by molar-refractivity contribution is 7.91. The first-order chi connectivity index (χ1) is 9.68. The smallest absolute Gasteiger partial charge is 0.251 e. The quantitative estimate of drug-likeness (QED) is 0.876. The lowest BCUT2D eigenvalue weighted by atomic mass is 10.1. The Labute approximate surface area is 127 Å². The average molecular weight is 338 g/mol. The first-order valence-corrected chi connectivity index (χ1v) is 8.72. The van der Waals surface area contributed by atoms with Crippen LogP contribution >= 0.6 is 11.3 Å². The Morgan fingerprint density at radius 1 is 1.38 bits per heavy atom. The van der Waals surface area contributed by atoms with Gasteiger partial charge in [-0.25, -0.2) is 17.9 Å². The largest absolute Gasteiger partial charge is 0.492 e. The van der Waals surface area contributed by atoms with Crippen molar-refractivity contribution >= 4 is 21.4 Å². The normalized spacial score (nSPS) is 23.5. The Morgan fingerprint density at radius 3 is 2.43 bits per heavy atom. The first kappa shape index (κ1) is 16.5. The number of likely N-dealkylation sites (tertiary alicyclic amines) is 1. The number of methoxy groups -OCH3 is 2. The van der Waals surface area contributed by atoms with E-state index in [2.05, 4.69) is 0 Å². The zero-order valence-electron chi connectivity index (χ0n) is 12.2. The molecule has 1 aliphatic rings. The molecule has 1 atom stereocenters. The van der Waals surface area contributed by atoms with Crippen molar-refractivity contribution < 1.29 is 22.3 Å². The van der Waals surface area contributed by atoms with E-state index in [1.54, 1.807) is 6.92 Å². The van der Waals surface area contributed by atoms with Crippen LogP contribution in [0.15, 0.2) is 4.21 Å². The minimum Gasteiger partial charge on any atom is -0.492 e. The fraction of sp³-hybridized carbons (Fsp3) is 0.667. The van der Waals surface area contributed by atoms with Crippen LogP contribution in [0.1, 0.15) is 18.2 Å². The van der Waals surface area contributed by atoms with Gasteiger partial charge in [0.05, 0.1) is 19.1 Å². The minimum absolute atomic E-state index is 0.0703. The van der Waals surface area contributed by atoms with Gasteiger partial charge in [-0.05, 0) is 13.3 Å². The third-order valence-corrected chi connectivity index (χ3v) is 5.98. The number of hydrogen-bond donors (Lipinski definition) is 1. The van der Waals surface area contributed by atoms with E-state index in [4.69, 9.17) is 14.6 Å². The molecule has 0 bridgehead atoms. The Hall–Kier alpha value is -0.900. The molecule has 2 heterocycles. The fourth-order valence-corrected chi connectivity index (χ4v) is 4.66. The van der Waals surface area contributed by atoms with Crippen LogP contribution in [-0.2, 0) is 16.6 Å². The number of hydrogen-bond acceptors (Lipinski definition) is 6. The number of nitrogens with zero attached hydrogens (tertiary/aromatic N) is 1. The van der Waals surface area contributed by atoms with Crippen molar-refractivity contribution in [2.45, 2.75) is 29.8 Å². The van der Waals surface area contributed by atoms with Crippen molar-refractivity contribution in [2.24, 2.45) is 5.14 Å². The maximum absolute atomic E-state index is 13.9. The zero-order valence-corrected chi connectivity index (χ0v) is 13.8. The van der Waals surface area contributed by atoms with Crippen molar-refractivity contribution in [3.63, 3.8) is 0 Å². The Balaban J connectivity index is 2.34. The Morgan fingerprint density at radius 2 is 2.00 bits per heavy atom. The molecule has 0 radical (unpaired) electrons. The molecule has 1 aliphatic heterocycles. The van der Waals surface area contributed by atoms with Gasteiger partial charge in [-0.3, -0.25) is 4.90 Å². The summed E-state index contributed by atoms with van der Waals surface area (Å²) in [5, 5.41) is 5.19. The molecule has 6 nitrogen and oxygen atoms in total. The summed E-state index contributed by atoms with van der Waals surface area (Å²) in [5.74, 6) is 0.459. The van der Waals surface area contributed by atoms with Gasteiger partial charge >= 0.3 is 0 Å². The standard InChI is InChI=1S/C12H19FN2O4S2/c1-12(13)4-5-15(7-12)6-8-9(18-2)10(19-3)11(20-8)21(14,16)17/h4-7H2,1-3H3,(H2,14,16,17). The van der Waals surface area contributed by atoms with E-state index in [1.165, 1.54) is 14.2 Å². The highest BCUT2D eigenvalue weighted by Gasteiger charge is 2.35. The van der Waals surface area contributed by atoms with E-state index < -0.39 is 15.7 Å². The molecule has 21 heavy (non-hydrogen) atoms. The predicted molar refractivity (Wildman–Crippen MR) is 78.2 cm³/mol. The summed E-state index contributed by atoms with van der Waals surface area (Å²) in [6.07, 6.45) is 0.458. The maximum atomic E-state index is 13.9. The second-order valence-electron chi connectivity index (χ2n) is 5.30. The molecule has 0 aliphatic carbocycles. The molecule has 120 valence electrons. The number of ether oxygens (including phenoxy) is 2. The van der Waals surface area contributed by atoms with E-state index in [-0.39, 0.29) is 9.96 Å². The van der Waals surface area contributed by atoms with Crippen LogP contribution in [-0.4, -0.2) is 46.3 Å². The van der Waals surface area contributed by atoms with E-state index in [0.29, 0.717) is 36.7 Å². The number of alkyl halides is 1. The summed E-state index contributed by atoms with van der Waals surface area (Å²) < 4.78 is 47.4. The maximum Gasteiger partial charge on any atom is 0.251 e. The van der Waals surface area contributed by atoms with Crippen molar-refractivity contribution in [1.82, 2.24) is 4.90 Å². The van der Waals surface area contributed by atoms with Gasteiger partial charge in [0, 0.05) is 19.6 Å². The molecule has 1 saturated heterocycles. The Bertz CT molecular complexity index is 627. The van der Waals surface area contributed by atoms with Crippen LogP contribution in [0.25, 0.3) is 0 Å².